The molecule has 236 valence electrons. The molecule has 3 heterocycles. The van der Waals surface area contributed by atoms with Crippen molar-refractivity contribution in [2.45, 2.75) is 67.7 Å². The summed E-state index contributed by atoms with van der Waals surface area (Å²) in [4.78, 5) is 4.75. The van der Waals surface area contributed by atoms with Crippen molar-refractivity contribution in [3.05, 3.63) is 130 Å². The summed E-state index contributed by atoms with van der Waals surface area (Å²) >= 11 is 0. The minimum absolute atomic E-state index is 0.0929. The second-order valence-electron chi connectivity index (χ2n) is 14.0. The van der Waals surface area contributed by atoms with Crippen LogP contribution in [-0.2, 0) is 5.41 Å². The molecule has 0 aliphatic rings. The Bertz CT molecular complexity index is 2310. The number of pyridine rings is 1. The van der Waals surface area contributed by atoms with E-state index in [2.05, 4.69) is 150 Å². The largest absolute Gasteiger partial charge is 0.457 e. The highest BCUT2D eigenvalue weighted by molar-refractivity contribution is 6.09. The maximum atomic E-state index is 6.73. The highest BCUT2D eigenvalue weighted by Gasteiger charge is 2.22. The van der Waals surface area contributed by atoms with Gasteiger partial charge >= 0.3 is 0 Å². The SMILES string of the molecule is Cc1ccnc(-n2c3ccccc3c3ccc(Oc4cc(-n5nc(C)c(-c6c(C)cc(C)cc6C)c5C)cc(C(C)(C)C)c4)cc32)c1. The third-order valence-electron chi connectivity index (χ3n) is 9.23. The molecular formula is C42H42N4O. The summed E-state index contributed by atoms with van der Waals surface area (Å²) in [7, 11) is 0. The van der Waals surface area contributed by atoms with Gasteiger partial charge < -0.3 is 4.74 Å². The molecule has 0 aliphatic carbocycles. The van der Waals surface area contributed by atoms with Gasteiger partial charge in [-0.25, -0.2) is 9.67 Å². The fourth-order valence-corrected chi connectivity index (χ4v) is 7.07. The average Bonchev–Trinajstić information content (AvgIpc) is 3.49. The van der Waals surface area contributed by atoms with Gasteiger partial charge in [-0.3, -0.25) is 4.57 Å². The Morgan fingerprint density at radius 1 is 0.638 bits per heavy atom. The van der Waals surface area contributed by atoms with Gasteiger partial charge in [0.1, 0.15) is 17.3 Å². The summed E-state index contributed by atoms with van der Waals surface area (Å²) in [6.07, 6.45) is 1.87. The zero-order valence-electron chi connectivity index (χ0n) is 28.9. The average molecular weight is 619 g/mol. The lowest BCUT2D eigenvalue weighted by atomic mass is 9.86. The van der Waals surface area contributed by atoms with Gasteiger partial charge in [-0.2, -0.15) is 5.10 Å². The molecule has 0 saturated carbocycles. The van der Waals surface area contributed by atoms with Crippen LogP contribution in [0.3, 0.4) is 0 Å². The van der Waals surface area contributed by atoms with Crippen LogP contribution in [0, 0.1) is 41.5 Å². The molecule has 0 amide bonds. The highest BCUT2D eigenvalue weighted by Crippen LogP contribution is 2.38. The third-order valence-corrected chi connectivity index (χ3v) is 9.23. The predicted octanol–water partition coefficient (Wildman–Crippen LogP) is 11.0. The molecule has 4 aromatic carbocycles. The minimum Gasteiger partial charge on any atom is -0.457 e. The Morgan fingerprint density at radius 2 is 1.36 bits per heavy atom. The molecule has 7 rings (SSSR count). The van der Waals surface area contributed by atoms with Crippen LogP contribution in [0.5, 0.6) is 11.5 Å². The Kier molecular flexibility index (Phi) is 7.31. The van der Waals surface area contributed by atoms with Gasteiger partial charge in [-0.1, -0.05) is 56.7 Å². The number of para-hydroxylation sites is 1. The number of aromatic nitrogens is 4. The number of ether oxygens (including phenoxy) is 1. The van der Waals surface area contributed by atoms with Crippen molar-refractivity contribution in [2.24, 2.45) is 0 Å². The summed E-state index contributed by atoms with van der Waals surface area (Å²) in [5.74, 6) is 2.44. The van der Waals surface area contributed by atoms with E-state index in [-0.39, 0.29) is 5.41 Å². The van der Waals surface area contributed by atoms with Crippen LogP contribution < -0.4 is 4.74 Å². The number of nitrogens with zero attached hydrogens (tertiary/aromatic N) is 4. The Hall–Kier alpha value is -5.16. The second kappa shape index (κ2) is 11.3. The van der Waals surface area contributed by atoms with Gasteiger partial charge in [0.15, 0.2) is 0 Å². The lowest BCUT2D eigenvalue weighted by Crippen LogP contribution is -2.12. The van der Waals surface area contributed by atoms with Gasteiger partial charge in [0, 0.05) is 40.4 Å². The molecule has 0 N–H and O–H groups in total. The van der Waals surface area contributed by atoms with Crippen LogP contribution in [0.2, 0.25) is 0 Å². The Morgan fingerprint density at radius 3 is 2.09 bits per heavy atom. The number of fused-ring (bicyclic) bond motifs is 3. The van der Waals surface area contributed by atoms with Crippen LogP contribution in [0.4, 0.5) is 0 Å². The van der Waals surface area contributed by atoms with E-state index < -0.39 is 0 Å². The first-order valence-electron chi connectivity index (χ1n) is 16.3. The van der Waals surface area contributed by atoms with Gasteiger partial charge in [0.25, 0.3) is 0 Å². The van der Waals surface area contributed by atoms with E-state index in [9.17, 15) is 0 Å². The maximum Gasteiger partial charge on any atom is 0.137 e. The summed E-state index contributed by atoms with van der Waals surface area (Å²) in [6, 6.07) is 30.0. The molecule has 0 fully saturated rings. The zero-order chi connectivity index (χ0) is 33.2. The van der Waals surface area contributed by atoms with Crippen molar-refractivity contribution in [2.75, 3.05) is 0 Å². The van der Waals surface area contributed by atoms with Crippen molar-refractivity contribution in [1.29, 1.82) is 0 Å². The number of aryl methyl sites for hydroxylation is 5. The van der Waals surface area contributed by atoms with Crippen molar-refractivity contribution < 1.29 is 4.74 Å². The Balaban J connectivity index is 1.36. The number of benzene rings is 4. The van der Waals surface area contributed by atoms with E-state index in [1.165, 1.54) is 44.3 Å². The van der Waals surface area contributed by atoms with Gasteiger partial charge in [0.2, 0.25) is 0 Å². The van der Waals surface area contributed by atoms with E-state index in [0.29, 0.717) is 0 Å². The van der Waals surface area contributed by atoms with Crippen molar-refractivity contribution in [3.8, 4) is 34.1 Å². The molecule has 0 aliphatic heterocycles. The molecule has 47 heavy (non-hydrogen) atoms. The van der Waals surface area contributed by atoms with E-state index in [0.717, 1.165) is 50.8 Å². The first-order valence-corrected chi connectivity index (χ1v) is 16.3. The second-order valence-corrected chi connectivity index (χ2v) is 14.0. The number of hydrogen-bond donors (Lipinski definition) is 0. The van der Waals surface area contributed by atoms with Crippen LogP contribution >= 0.6 is 0 Å². The number of hydrogen-bond acceptors (Lipinski definition) is 3. The molecular weight excluding hydrogens is 576 g/mol. The maximum absolute atomic E-state index is 6.73. The van der Waals surface area contributed by atoms with Gasteiger partial charge in [-0.15, -0.1) is 0 Å². The molecule has 5 heteroatoms. The van der Waals surface area contributed by atoms with Crippen LogP contribution in [0.25, 0.3) is 44.4 Å². The minimum atomic E-state index is -0.0929. The normalized spacial score (nSPS) is 11.9. The summed E-state index contributed by atoms with van der Waals surface area (Å²) < 4.78 is 11.0. The van der Waals surface area contributed by atoms with E-state index in [1.54, 1.807) is 0 Å². The Labute approximate surface area is 277 Å². The van der Waals surface area contributed by atoms with Crippen molar-refractivity contribution in [1.82, 2.24) is 19.3 Å². The predicted molar refractivity (Wildman–Crippen MR) is 195 cm³/mol. The lowest BCUT2D eigenvalue weighted by molar-refractivity contribution is 0.478. The van der Waals surface area contributed by atoms with Crippen molar-refractivity contribution in [3.63, 3.8) is 0 Å². The van der Waals surface area contributed by atoms with Crippen molar-refractivity contribution >= 4 is 21.8 Å². The molecule has 3 aromatic heterocycles. The fraction of sp³-hybridized carbons (Fsp3) is 0.238. The summed E-state index contributed by atoms with van der Waals surface area (Å²) in [6.45, 7) is 19.6. The molecule has 0 bridgehead atoms. The molecule has 0 unspecified atom stereocenters. The first-order chi connectivity index (χ1) is 22.4. The van der Waals surface area contributed by atoms with Crippen LogP contribution in [0.15, 0.2) is 91.1 Å². The van der Waals surface area contributed by atoms with E-state index >= 15 is 0 Å². The van der Waals surface area contributed by atoms with Crippen LogP contribution in [0.1, 0.15) is 60.0 Å². The molecule has 0 atom stereocenters. The summed E-state index contributed by atoms with van der Waals surface area (Å²) in [5.41, 5.74) is 13.8. The quantitative estimate of drug-likeness (QED) is 0.193. The summed E-state index contributed by atoms with van der Waals surface area (Å²) in [5, 5.41) is 7.45. The van der Waals surface area contributed by atoms with Crippen LogP contribution in [-0.4, -0.2) is 19.3 Å². The molecule has 0 radical (unpaired) electrons. The number of rotatable bonds is 5. The van der Waals surface area contributed by atoms with E-state index in [1.807, 2.05) is 12.3 Å². The zero-order valence-corrected chi connectivity index (χ0v) is 28.9. The molecule has 7 aromatic rings. The smallest absolute Gasteiger partial charge is 0.137 e. The topological polar surface area (TPSA) is 44.9 Å². The standard InChI is InChI=1S/C42H42N4O/c1-25-16-17-43-39(20-25)45-37-13-11-10-12-35(37)36-15-14-33(24-38(36)45)47-34-22-31(42(7,8)9)21-32(23-34)46-30(6)41(29(5)44-46)40-27(3)18-26(2)19-28(40)4/h10-24H,1-9H3. The third kappa shape index (κ3) is 5.40. The fourth-order valence-electron chi connectivity index (χ4n) is 7.07. The van der Waals surface area contributed by atoms with E-state index in [4.69, 9.17) is 14.8 Å². The molecule has 0 spiro atoms. The van der Waals surface area contributed by atoms with Gasteiger partial charge in [0.05, 0.1) is 22.4 Å². The highest BCUT2D eigenvalue weighted by atomic mass is 16.5. The monoisotopic (exact) mass is 618 g/mol. The van der Waals surface area contributed by atoms with Gasteiger partial charge in [-0.05, 0) is 117 Å². The molecule has 5 nitrogen and oxygen atoms in total. The first kappa shape index (κ1) is 30.5. The molecule has 0 saturated heterocycles. The lowest BCUT2D eigenvalue weighted by Gasteiger charge is -2.22.